The average molecular weight is 316 g/mol. The molecule has 4 heteroatoms. The van der Waals surface area contributed by atoms with E-state index in [0.717, 1.165) is 31.5 Å². The van der Waals surface area contributed by atoms with Crippen LogP contribution in [-0.4, -0.2) is 44.1 Å². The molecule has 1 aromatic rings. The topological polar surface area (TPSA) is 39.7 Å². The van der Waals surface area contributed by atoms with Gasteiger partial charge in [-0.3, -0.25) is 0 Å². The zero-order valence-electron chi connectivity index (χ0n) is 14.9. The summed E-state index contributed by atoms with van der Waals surface area (Å²) in [5.74, 6) is 1.79. The van der Waals surface area contributed by atoms with Crippen LogP contribution in [0.15, 0.2) is 29.3 Å². The van der Waals surface area contributed by atoms with Crippen LogP contribution in [0, 0.1) is 12.8 Å². The Labute approximate surface area is 141 Å². The highest BCUT2D eigenvalue weighted by atomic mass is 15.2. The second kappa shape index (κ2) is 9.56. The number of aryl methyl sites for hydroxylation is 1. The molecule has 0 spiro atoms. The minimum absolute atomic E-state index is 0.732. The summed E-state index contributed by atoms with van der Waals surface area (Å²) in [7, 11) is 2.22. The van der Waals surface area contributed by atoms with Crippen LogP contribution in [0.4, 0.5) is 0 Å². The maximum Gasteiger partial charge on any atom is 0.191 e. The predicted molar refractivity (Wildman–Crippen MR) is 98.8 cm³/mol. The minimum atomic E-state index is 0.732. The molecule has 128 valence electrons. The number of aliphatic imine (C=N–C) groups is 1. The molecule has 1 saturated heterocycles. The monoisotopic (exact) mass is 316 g/mol. The molecule has 2 N–H and O–H groups in total. The van der Waals surface area contributed by atoms with Crippen LogP contribution in [0.25, 0.3) is 0 Å². The first-order chi connectivity index (χ1) is 11.2. The van der Waals surface area contributed by atoms with Crippen molar-refractivity contribution in [3.05, 3.63) is 35.4 Å². The Morgan fingerprint density at radius 1 is 1.22 bits per heavy atom. The lowest BCUT2D eigenvalue weighted by Gasteiger charge is -2.29. The van der Waals surface area contributed by atoms with Gasteiger partial charge < -0.3 is 15.5 Å². The van der Waals surface area contributed by atoms with E-state index in [9.17, 15) is 0 Å². The molecule has 23 heavy (non-hydrogen) atoms. The minimum Gasteiger partial charge on any atom is -0.357 e. The first-order valence-electron chi connectivity index (χ1n) is 8.94. The number of rotatable bonds is 6. The fourth-order valence-electron chi connectivity index (χ4n) is 3.04. The smallest absolute Gasteiger partial charge is 0.191 e. The molecule has 0 radical (unpaired) electrons. The Kier molecular flexibility index (Phi) is 7.40. The van der Waals surface area contributed by atoms with Crippen LogP contribution in [-0.2, 0) is 6.54 Å². The van der Waals surface area contributed by atoms with Crippen molar-refractivity contribution in [2.45, 2.75) is 39.7 Å². The third-order valence-electron chi connectivity index (χ3n) is 4.70. The van der Waals surface area contributed by atoms with Crippen molar-refractivity contribution in [1.82, 2.24) is 15.5 Å². The molecule has 0 bridgehead atoms. The molecule has 1 aromatic carbocycles. The molecule has 0 atom stereocenters. The van der Waals surface area contributed by atoms with E-state index in [-0.39, 0.29) is 0 Å². The summed E-state index contributed by atoms with van der Waals surface area (Å²) in [5.41, 5.74) is 2.60. The second-order valence-electron chi connectivity index (χ2n) is 6.58. The van der Waals surface area contributed by atoms with Crippen LogP contribution >= 0.6 is 0 Å². The van der Waals surface area contributed by atoms with Crippen molar-refractivity contribution < 1.29 is 0 Å². The first kappa shape index (κ1) is 17.8. The Hall–Kier alpha value is -1.55. The predicted octanol–water partition coefficient (Wildman–Crippen LogP) is 2.78. The molecule has 0 saturated carbocycles. The van der Waals surface area contributed by atoms with Crippen LogP contribution in [0.3, 0.4) is 0 Å². The highest BCUT2D eigenvalue weighted by molar-refractivity contribution is 5.79. The van der Waals surface area contributed by atoms with Gasteiger partial charge in [-0.05, 0) is 70.3 Å². The maximum atomic E-state index is 4.73. The SMILES string of the molecule is CCNC(=NCc1ccccc1C)NCCC1CCN(C)CC1. The average Bonchev–Trinajstić information content (AvgIpc) is 2.56. The summed E-state index contributed by atoms with van der Waals surface area (Å²) in [6.45, 7) is 9.38. The van der Waals surface area contributed by atoms with E-state index in [4.69, 9.17) is 4.99 Å². The molecule has 4 nitrogen and oxygen atoms in total. The van der Waals surface area contributed by atoms with E-state index in [2.05, 4.69) is 60.7 Å². The number of hydrogen-bond donors (Lipinski definition) is 2. The van der Waals surface area contributed by atoms with Gasteiger partial charge in [0.15, 0.2) is 5.96 Å². The van der Waals surface area contributed by atoms with Gasteiger partial charge in [-0.2, -0.15) is 0 Å². The third kappa shape index (κ3) is 6.22. The zero-order valence-corrected chi connectivity index (χ0v) is 14.9. The van der Waals surface area contributed by atoms with Crippen molar-refractivity contribution in [1.29, 1.82) is 0 Å². The molecule has 1 fully saturated rings. The van der Waals surface area contributed by atoms with Crippen LogP contribution < -0.4 is 10.6 Å². The molecule has 0 amide bonds. The van der Waals surface area contributed by atoms with Gasteiger partial charge in [0.1, 0.15) is 0 Å². The van der Waals surface area contributed by atoms with Crippen molar-refractivity contribution in [3.8, 4) is 0 Å². The largest absolute Gasteiger partial charge is 0.357 e. The Morgan fingerprint density at radius 2 is 1.96 bits per heavy atom. The van der Waals surface area contributed by atoms with E-state index in [1.54, 1.807) is 0 Å². The molecule has 1 aliphatic rings. The molecular weight excluding hydrogens is 284 g/mol. The van der Waals surface area contributed by atoms with E-state index >= 15 is 0 Å². The Morgan fingerprint density at radius 3 is 2.65 bits per heavy atom. The quantitative estimate of drug-likeness (QED) is 0.626. The first-order valence-corrected chi connectivity index (χ1v) is 8.94. The number of piperidine rings is 1. The normalized spacial score (nSPS) is 17.3. The number of nitrogens with one attached hydrogen (secondary N) is 2. The number of guanidine groups is 1. The molecule has 2 rings (SSSR count). The van der Waals surface area contributed by atoms with Gasteiger partial charge in [0.25, 0.3) is 0 Å². The summed E-state index contributed by atoms with van der Waals surface area (Å²) in [5, 5.41) is 6.84. The van der Waals surface area contributed by atoms with Gasteiger partial charge in [0, 0.05) is 13.1 Å². The van der Waals surface area contributed by atoms with Crippen LogP contribution in [0.5, 0.6) is 0 Å². The fraction of sp³-hybridized carbons (Fsp3) is 0.632. The van der Waals surface area contributed by atoms with Crippen LogP contribution in [0.1, 0.15) is 37.3 Å². The van der Waals surface area contributed by atoms with Crippen molar-refractivity contribution >= 4 is 5.96 Å². The highest BCUT2D eigenvalue weighted by Crippen LogP contribution is 2.18. The standard InChI is InChI=1S/C19H32N4/c1-4-20-19(22-15-18-8-6-5-7-16(18)2)21-12-9-17-10-13-23(3)14-11-17/h5-8,17H,4,9-15H2,1-3H3,(H2,20,21,22). The number of benzene rings is 1. The molecule has 0 aliphatic carbocycles. The van der Waals surface area contributed by atoms with E-state index in [1.807, 2.05) is 0 Å². The Balaban J connectivity index is 1.79. The van der Waals surface area contributed by atoms with Crippen molar-refractivity contribution in [3.63, 3.8) is 0 Å². The van der Waals surface area contributed by atoms with Crippen molar-refractivity contribution in [2.24, 2.45) is 10.9 Å². The number of likely N-dealkylation sites (tertiary alicyclic amines) is 1. The number of hydrogen-bond acceptors (Lipinski definition) is 2. The summed E-state index contributed by atoms with van der Waals surface area (Å²) >= 11 is 0. The van der Waals surface area contributed by atoms with Gasteiger partial charge >= 0.3 is 0 Å². The summed E-state index contributed by atoms with van der Waals surface area (Å²) in [6, 6.07) is 8.46. The van der Waals surface area contributed by atoms with Gasteiger partial charge in [-0.1, -0.05) is 24.3 Å². The fourth-order valence-corrected chi connectivity index (χ4v) is 3.04. The summed E-state index contributed by atoms with van der Waals surface area (Å²) in [4.78, 5) is 7.15. The lowest BCUT2D eigenvalue weighted by Crippen LogP contribution is -2.39. The van der Waals surface area contributed by atoms with E-state index < -0.39 is 0 Å². The van der Waals surface area contributed by atoms with Gasteiger partial charge in [-0.15, -0.1) is 0 Å². The summed E-state index contributed by atoms with van der Waals surface area (Å²) < 4.78 is 0. The lowest BCUT2D eigenvalue weighted by molar-refractivity contribution is 0.213. The van der Waals surface area contributed by atoms with Gasteiger partial charge in [0.05, 0.1) is 6.54 Å². The van der Waals surface area contributed by atoms with Gasteiger partial charge in [0.2, 0.25) is 0 Å². The van der Waals surface area contributed by atoms with Gasteiger partial charge in [-0.25, -0.2) is 4.99 Å². The molecule has 1 heterocycles. The maximum absolute atomic E-state index is 4.73. The second-order valence-corrected chi connectivity index (χ2v) is 6.58. The molecular formula is C19H32N4. The van der Waals surface area contributed by atoms with Crippen molar-refractivity contribution in [2.75, 3.05) is 33.2 Å². The van der Waals surface area contributed by atoms with E-state index in [1.165, 1.54) is 43.5 Å². The molecule has 1 aliphatic heterocycles. The zero-order chi connectivity index (χ0) is 16.5. The summed E-state index contributed by atoms with van der Waals surface area (Å²) in [6.07, 6.45) is 3.90. The number of nitrogens with zero attached hydrogens (tertiary/aromatic N) is 2. The molecule has 0 unspecified atom stereocenters. The van der Waals surface area contributed by atoms with E-state index in [0.29, 0.717) is 0 Å². The van der Waals surface area contributed by atoms with Crippen LogP contribution in [0.2, 0.25) is 0 Å². The molecule has 0 aromatic heterocycles. The Bertz CT molecular complexity index is 490. The lowest BCUT2D eigenvalue weighted by atomic mass is 9.94. The highest BCUT2D eigenvalue weighted by Gasteiger charge is 2.16. The third-order valence-corrected chi connectivity index (χ3v) is 4.70.